The van der Waals surface area contributed by atoms with Crippen LogP contribution in [0.2, 0.25) is 0 Å². The second-order valence-electron chi connectivity index (χ2n) is 7.53. The number of phenols is 1. The summed E-state index contributed by atoms with van der Waals surface area (Å²) < 4.78 is 0. The zero-order valence-electron chi connectivity index (χ0n) is 12.4. The fourth-order valence-corrected chi connectivity index (χ4v) is 6.34. The molecule has 3 heteroatoms. The zero-order valence-corrected chi connectivity index (χ0v) is 14.0. The Bertz CT molecular complexity index is 572. The van der Waals surface area contributed by atoms with E-state index in [9.17, 15) is 10.2 Å². The molecule has 3 aliphatic rings. The van der Waals surface area contributed by atoms with Crippen LogP contribution in [-0.2, 0) is 0 Å². The van der Waals surface area contributed by atoms with Crippen LogP contribution in [0.3, 0.4) is 0 Å². The Morgan fingerprint density at radius 1 is 1.19 bits per heavy atom. The number of fused-ring (bicyclic) bond motifs is 5. The molecule has 0 aliphatic heterocycles. The maximum Gasteiger partial charge on any atom is 0.115 e. The van der Waals surface area contributed by atoms with Crippen LogP contribution in [0.25, 0.3) is 0 Å². The fourth-order valence-electron chi connectivity index (χ4n) is 5.51. The van der Waals surface area contributed by atoms with E-state index in [-0.39, 0.29) is 11.5 Å². The number of hydrogen-bond acceptors (Lipinski definition) is 2. The van der Waals surface area contributed by atoms with Crippen molar-refractivity contribution in [3.8, 4) is 5.75 Å². The van der Waals surface area contributed by atoms with Gasteiger partial charge in [-0.05, 0) is 78.5 Å². The van der Waals surface area contributed by atoms with Gasteiger partial charge in [-0.2, -0.15) is 0 Å². The molecule has 2 saturated carbocycles. The first-order chi connectivity index (χ1) is 10.0. The molecule has 21 heavy (non-hydrogen) atoms. The molecule has 0 amide bonds. The lowest BCUT2D eigenvalue weighted by Gasteiger charge is -2.51. The number of hydrogen-bond donors (Lipinski definition) is 2. The van der Waals surface area contributed by atoms with E-state index in [1.165, 1.54) is 24.0 Å². The Hall–Kier alpha value is -0.540. The van der Waals surface area contributed by atoms with Crippen LogP contribution in [0.5, 0.6) is 5.75 Å². The number of aliphatic hydroxyl groups is 1. The largest absolute Gasteiger partial charge is 0.508 e. The van der Waals surface area contributed by atoms with Gasteiger partial charge in [-0.1, -0.05) is 28.9 Å². The molecule has 0 radical (unpaired) electrons. The fraction of sp³-hybridized carbons (Fsp3) is 0.667. The van der Waals surface area contributed by atoms with E-state index in [4.69, 9.17) is 0 Å². The molecule has 0 spiro atoms. The minimum Gasteiger partial charge on any atom is -0.508 e. The van der Waals surface area contributed by atoms with Crippen molar-refractivity contribution in [3.63, 3.8) is 0 Å². The number of alkyl halides is 1. The highest BCUT2D eigenvalue weighted by Crippen LogP contribution is 2.63. The Labute approximate surface area is 134 Å². The number of aliphatic hydroxyl groups excluding tert-OH is 1. The maximum atomic E-state index is 10.4. The molecule has 6 atom stereocenters. The standard InChI is InChI=1S/C18H23BrO2/c1-18-7-6-12-11-3-2-10(20)8-14(11)16(19)9-13(12)15(18)4-5-17(18)21/h2-3,8,12-13,15-17,20-21H,4-7,9H2,1H3/t12-,13-,15+,16+,17+,18+/m1/s1. The minimum absolute atomic E-state index is 0.113. The molecule has 0 saturated heterocycles. The van der Waals surface area contributed by atoms with Gasteiger partial charge in [0.1, 0.15) is 5.75 Å². The molecular weight excluding hydrogens is 328 g/mol. The lowest BCUT2D eigenvalue weighted by molar-refractivity contribution is -0.0227. The predicted octanol–water partition coefficient (Wildman–Crippen LogP) is 4.50. The van der Waals surface area contributed by atoms with Crippen molar-refractivity contribution in [2.75, 3.05) is 0 Å². The third-order valence-electron chi connectivity index (χ3n) is 6.67. The number of halogens is 1. The molecule has 2 N–H and O–H groups in total. The molecule has 114 valence electrons. The molecule has 0 heterocycles. The Morgan fingerprint density at radius 3 is 2.81 bits per heavy atom. The van der Waals surface area contributed by atoms with Crippen molar-refractivity contribution in [2.45, 2.75) is 55.9 Å². The van der Waals surface area contributed by atoms with Crippen molar-refractivity contribution >= 4 is 15.9 Å². The van der Waals surface area contributed by atoms with Crippen LogP contribution in [-0.4, -0.2) is 16.3 Å². The summed E-state index contributed by atoms with van der Waals surface area (Å²) in [7, 11) is 0. The van der Waals surface area contributed by atoms with Crippen LogP contribution in [0, 0.1) is 17.3 Å². The highest BCUT2D eigenvalue weighted by molar-refractivity contribution is 9.09. The third-order valence-corrected chi connectivity index (χ3v) is 7.54. The molecule has 1 aromatic carbocycles. The molecule has 4 rings (SSSR count). The monoisotopic (exact) mass is 350 g/mol. The van der Waals surface area contributed by atoms with Crippen LogP contribution < -0.4 is 0 Å². The van der Waals surface area contributed by atoms with Gasteiger partial charge in [0.25, 0.3) is 0 Å². The van der Waals surface area contributed by atoms with Crippen LogP contribution >= 0.6 is 15.9 Å². The summed E-state index contributed by atoms with van der Waals surface area (Å²) in [6.45, 7) is 2.31. The summed E-state index contributed by atoms with van der Waals surface area (Å²) >= 11 is 3.84. The second-order valence-corrected chi connectivity index (χ2v) is 8.64. The van der Waals surface area contributed by atoms with Gasteiger partial charge in [0.15, 0.2) is 0 Å². The average molecular weight is 351 g/mol. The smallest absolute Gasteiger partial charge is 0.115 e. The van der Waals surface area contributed by atoms with Crippen molar-refractivity contribution in [1.29, 1.82) is 0 Å². The van der Waals surface area contributed by atoms with Crippen molar-refractivity contribution in [2.24, 2.45) is 17.3 Å². The van der Waals surface area contributed by atoms with Crippen molar-refractivity contribution in [1.82, 2.24) is 0 Å². The maximum absolute atomic E-state index is 10.4. The van der Waals surface area contributed by atoms with Gasteiger partial charge < -0.3 is 10.2 Å². The van der Waals surface area contributed by atoms with Crippen LogP contribution in [0.15, 0.2) is 18.2 Å². The Kier molecular flexibility index (Phi) is 3.17. The predicted molar refractivity (Wildman–Crippen MR) is 86.7 cm³/mol. The zero-order chi connectivity index (χ0) is 14.8. The molecule has 2 nitrogen and oxygen atoms in total. The number of phenolic OH excluding ortho intramolecular Hbond substituents is 1. The summed E-state index contributed by atoms with van der Waals surface area (Å²) in [5.41, 5.74) is 2.83. The van der Waals surface area contributed by atoms with Gasteiger partial charge >= 0.3 is 0 Å². The Morgan fingerprint density at radius 2 is 2.00 bits per heavy atom. The van der Waals surface area contributed by atoms with E-state index in [0.717, 1.165) is 19.3 Å². The molecule has 0 bridgehead atoms. The van der Waals surface area contributed by atoms with Crippen LogP contribution in [0.1, 0.15) is 60.9 Å². The molecular formula is C18H23BrO2. The van der Waals surface area contributed by atoms with E-state index in [0.29, 0.717) is 28.3 Å². The van der Waals surface area contributed by atoms with Gasteiger partial charge in [0.2, 0.25) is 0 Å². The number of benzene rings is 1. The van der Waals surface area contributed by atoms with Crippen molar-refractivity contribution in [3.05, 3.63) is 29.3 Å². The first-order valence-electron chi connectivity index (χ1n) is 8.15. The van der Waals surface area contributed by atoms with Gasteiger partial charge in [-0.15, -0.1) is 0 Å². The number of aromatic hydroxyl groups is 1. The minimum atomic E-state index is -0.113. The normalized spacial score (nSPS) is 44.8. The summed E-state index contributed by atoms with van der Waals surface area (Å²) in [5.74, 6) is 2.29. The van der Waals surface area contributed by atoms with E-state index in [2.05, 4.69) is 28.9 Å². The quantitative estimate of drug-likeness (QED) is 0.676. The topological polar surface area (TPSA) is 40.5 Å². The van der Waals surface area contributed by atoms with Crippen molar-refractivity contribution < 1.29 is 10.2 Å². The SMILES string of the molecule is C[C@]12CC[C@@H]3c4ccc(O)cc4[C@@H](Br)C[C@H]3[C@@H]1CC[C@@H]2O. The summed E-state index contributed by atoms with van der Waals surface area (Å²) in [5, 5.41) is 20.2. The number of rotatable bonds is 0. The van der Waals surface area contributed by atoms with E-state index >= 15 is 0 Å². The highest BCUT2D eigenvalue weighted by atomic mass is 79.9. The highest BCUT2D eigenvalue weighted by Gasteiger charge is 2.55. The van der Waals surface area contributed by atoms with E-state index < -0.39 is 0 Å². The Balaban J connectivity index is 1.75. The lowest BCUT2D eigenvalue weighted by Crippen LogP contribution is -2.44. The van der Waals surface area contributed by atoms with Gasteiger partial charge in [0, 0.05) is 4.83 Å². The first-order valence-corrected chi connectivity index (χ1v) is 9.07. The molecule has 3 aliphatic carbocycles. The molecule has 0 aromatic heterocycles. The lowest BCUT2D eigenvalue weighted by atomic mass is 9.55. The second kappa shape index (κ2) is 4.73. The summed E-state index contributed by atoms with van der Waals surface area (Å²) in [6, 6.07) is 5.89. The molecule has 1 aromatic rings. The molecule has 0 unspecified atom stereocenters. The van der Waals surface area contributed by atoms with E-state index in [1.54, 1.807) is 0 Å². The van der Waals surface area contributed by atoms with Gasteiger partial charge in [0.05, 0.1) is 6.10 Å². The average Bonchev–Trinajstić information content (AvgIpc) is 2.76. The first kappa shape index (κ1) is 14.1. The van der Waals surface area contributed by atoms with Crippen LogP contribution in [0.4, 0.5) is 0 Å². The molecule has 2 fully saturated rings. The van der Waals surface area contributed by atoms with Gasteiger partial charge in [-0.3, -0.25) is 0 Å². The summed E-state index contributed by atoms with van der Waals surface area (Å²) in [4.78, 5) is 0.334. The summed E-state index contributed by atoms with van der Waals surface area (Å²) in [6.07, 6.45) is 5.47. The van der Waals surface area contributed by atoms with Gasteiger partial charge in [-0.25, -0.2) is 0 Å². The third kappa shape index (κ3) is 1.93. The van der Waals surface area contributed by atoms with E-state index in [1.807, 2.05) is 12.1 Å².